The molecule has 2 N–H and O–H groups in total. The lowest BCUT2D eigenvalue weighted by atomic mass is 9.94. The van der Waals surface area contributed by atoms with E-state index in [1.54, 1.807) is 6.33 Å². The Morgan fingerprint density at radius 1 is 1.30 bits per heavy atom. The van der Waals surface area contributed by atoms with E-state index in [0.29, 0.717) is 6.04 Å². The topological polar surface area (TPSA) is 61.3 Å². The summed E-state index contributed by atoms with van der Waals surface area (Å²) in [7, 11) is 0. The first-order valence-electron chi connectivity index (χ1n) is 8.37. The van der Waals surface area contributed by atoms with Crippen LogP contribution in [0.5, 0.6) is 0 Å². The van der Waals surface area contributed by atoms with Crippen LogP contribution in [0.2, 0.25) is 0 Å². The van der Waals surface area contributed by atoms with Gasteiger partial charge in [0.15, 0.2) is 0 Å². The van der Waals surface area contributed by atoms with Crippen LogP contribution >= 0.6 is 11.3 Å². The van der Waals surface area contributed by atoms with Crippen molar-refractivity contribution in [3.63, 3.8) is 0 Å². The molecule has 0 amide bonds. The van der Waals surface area contributed by atoms with Crippen molar-refractivity contribution in [2.24, 2.45) is 0 Å². The number of aliphatic hydroxyl groups is 1. The minimum absolute atomic E-state index is 0.188. The van der Waals surface area contributed by atoms with Gasteiger partial charge in [-0.15, -0.1) is 11.3 Å². The third kappa shape index (κ3) is 2.93. The number of thiophene rings is 1. The summed E-state index contributed by atoms with van der Waals surface area (Å²) in [6, 6.07) is 4.80. The van der Waals surface area contributed by atoms with E-state index in [1.165, 1.54) is 23.3 Å². The number of rotatable bonds is 4. The van der Waals surface area contributed by atoms with Crippen molar-refractivity contribution in [2.45, 2.75) is 44.2 Å². The van der Waals surface area contributed by atoms with E-state index < -0.39 is 0 Å². The van der Waals surface area contributed by atoms with Gasteiger partial charge in [0.25, 0.3) is 0 Å². The van der Waals surface area contributed by atoms with Gasteiger partial charge in [0, 0.05) is 17.5 Å². The molecule has 23 heavy (non-hydrogen) atoms. The highest BCUT2D eigenvalue weighted by Crippen LogP contribution is 2.35. The molecule has 3 heterocycles. The highest BCUT2D eigenvalue weighted by molar-refractivity contribution is 7.10. The first-order chi connectivity index (χ1) is 11.3. The van der Waals surface area contributed by atoms with E-state index in [9.17, 15) is 5.11 Å². The Labute approximate surface area is 140 Å². The third-order valence-corrected chi connectivity index (χ3v) is 5.91. The molecular weight excluding hydrogens is 308 g/mol. The summed E-state index contributed by atoms with van der Waals surface area (Å²) < 4.78 is 0. The lowest BCUT2D eigenvalue weighted by Gasteiger charge is -2.26. The summed E-state index contributed by atoms with van der Waals surface area (Å²) in [4.78, 5) is 12.5. The maximum Gasteiger partial charge on any atom is 0.134 e. The standard InChI is InChI=1S/C17H22N4OS/c22-10-12-3-2-7-21(12)17-9-16(18-11-19-17)20-14-4-1-5-15-13(14)6-8-23-15/h6,8-9,11-12,14,22H,1-5,7,10H2,(H,18,19,20). The predicted molar refractivity (Wildman–Crippen MR) is 93.1 cm³/mol. The van der Waals surface area contributed by atoms with Crippen molar-refractivity contribution >= 4 is 23.0 Å². The lowest BCUT2D eigenvalue weighted by molar-refractivity contribution is 0.266. The Balaban J connectivity index is 1.54. The number of nitrogens with zero attached hydrogens (tertiary/aromatic N) is 3. The fraction of sp³-hybridized carbons (Fsp3) is 0.529. The Morgan fingerprint density at radius 3 is 3.17 bits per heavy atom. The monoisotopic (exact) mass is 330 g/mol. The van der Waals surface area contributed by atoms with Crippen LogP contribution in [0.15, 0.2) is 23.8 Å². The summed E-state index contributed by atoms with van der Waals surface area (Å²) in [5.41, 5.74) is 1.43. The molecule has 5 nitrogen and oxygen atoms in total. The van der Waals surface area contributed by atoms with Gasteiger partial charge in [0.2, 0.25) is 0 Å². The van der Waals surface area contributed by atoms with Crippen molar-refractivity contribution in [1.82, 2.24) is 9.97 Å². The van der Waals surface area contributed by atoms with Gasteiger partial charge in [-0.3, -0.25) is 0 Å². The fourth-order valence-electron chi connectivity index (χ4n) is 3.73. The molecule has 2 unspecified atom stereocenters. The number of aryl methyl sites for hydroxylation is 1. The summed E-state index contributed by atoms with van der Waals surface area (Å²) in [6.45, 7) is 1.15. The normalized spacial score (nSPS) is 23.8. The quantitative estimate of drug-likeness (QED) is 0.902. The molecule has 1 fully saturated rings. The number of hydrogen-bond acceptors (Lipinski definition) is 6. The molecule has 122 valence electrons. The molecule has 6 heteroatoms. The van der Waals surface area contributed by atoms with E-state index in [-0.39, 0.29) is 12.6 Å². The average molecular weight is 330 g/mol. The van der Waals surface area contributed by atoms with Crippen molar-refractivity contribution in [2.75, 3.05) is 23.4 Å². The molecule has 2 aromatic heterocycles. The van der Waals surface area contributed by atoms with Gasteiger partial charge in [-0.25, -0.2) is 9.97 Å². The van der Waals surface area contributed by atoms with Gasteiger partial charge >= 0.3 is 0 Å². The molecule has 0 aromatic carbocycles. The minimum Gasteiger partial charge on any atom is -0.394 e. The van der Waals surface area contributed by atoms with Gasteiger partial charge in [-0.1, -0.05) is 0 Å². The second kappa shape index (κ2) is 6.45. The smallest absolute Gasteiger partial charge is 0.134 e. The third-order valence-electron chi connectivity index (χ3n) is 4.91. The molecule has 4 rings (SSSR count). The molecule has 1 saturated heterocycles. The van der Waals surface area contributed by atoms with Crippen LogP contribution < -0.4 is 10.2 Å². The van der Waals surface area contributed by atoms with E-state index in [0.717, 1.165) is 37.4 Å². The molecule has 2 atom stereocenters. The number of aliphatic hydroxyl groups excluding tert-OH is 1. The average Bonchev–Trinajstić information content (AvgIpc) is 3.24. The highest BCUT2D eigenvalue weighted by Gasteiger charge is 2.26. The Morgan fingerprint density at radius 2 is 2.26 bits per heavy atom. The SMILES string of the molecule is OCC1CCCN1c1cc(NC2CCCc3sccc32)ncn1. The molecule has 0 radical (unpaired) electrons. The fourth-order valence-corrected chi connectivity index (χ4v) is 4.71. The number of nitrogens with one attached hydrogen (secondary N) is 1. The molecule has 0 saturated carbocycles. The van der Waals surface area contributed by atoms with Crippen LogP contribution in [0, 0.1) is 0 Å². The van der Waals surface area contributed by atoms with Crippen LogP contribution in [0.25, 0.3) is 0 Å². The first kappa shape index (κ1) is 14.9. The Bertz CT molecular complexity index is 674. The summed E-state index contributed by atoms with van der Waals surface area (Å²) in [5.74, 6) is 1.79. The predicted octanol–water partition coefficient (Wildman–Crippen LogP) is 2.99. The Hall–Kier alpha value is -1.66. The van der Waals surface area contributed by atoms with Gasteiger partial charge in [0.05, 0.1) is 18.7 Å². The van der Waals surface area contributed by atoms with E-state index in [4.69, 9.17) is 0 Å². The lowest BCUT2D eigenvalue weighted by Crippen LogP contribution is -2.32. The van der Waals surface area contributed by atoms with Gasteiger partial charge < -0.3 is 15.3 Å². The van der Waals surface area contributed by atoms with Crippen molar-refractivity contribution in [3.05, 3.63) is 34.3 Å². The van der Waals surface area contributed by atoms with Crippen LogP contribution in [0.3, 0.4) is 0 Å². The van der Waals surface area contributed by atoms with Crippen LogP contribution in [-0.2, 0) is 6.42 Å². The molecule has 2 aliphatic rings. The zero-order valence-electron chi connectivity index (χ0n) is 13.1. The zero-order chi connectivity index (χ0) is 15.6. The number of anilines is 2. The van der Waals surface area contributed by atoms with Crippen LogP contribution in [0.1, 0.15) is 42.2 Å². The first-order valence-corrected chi connectivity index (χ1v) is 9.25. The van der Waals surface area contributed by atoms with E-state index in [1.807, 2.05) is 17.4 Å². The second-order valence-corrected chi connectivity index (χ2v) is 7.32. The molecule has 0 spiro atoms. The van der Waals surface area contributed by atoms with Crippen LogP contribution in [-0.4, -0.2) is 34.3 Å². The zero-order valence-corrected chi connectivity index (χ0v) is 13.9. The minimum atomic E-state index is 0.188. The largest absolute Gasteiger partial charge is 0.394 e. The van der Waals surface area contributed by atoms with Gasteiger partial charge in [0.1, 0.15) is 18.0 Å². The molecule has 2 aromatic rings. The van der Waals surface area contributed by atoms with Gasteiger partial charge in [-0.05, 0) is 49.1 Å². The van der Waals surface area contributed by atoms with Crippen molar-refractivity contribution in [1.29, 1.82) is 0 Å². The van der Waals surface area contributed by atoms with Crippen LogP contribution in [0.4, 0.5) is 11.6 Å². The summed E-state index contributed by atoms with van der Waals surface area (Å²) in [5, 5.41) is 15.3. The summed E-state index contributed by atoms with van der Waals surface area (Å²) in [6.07, 6.45) is 7.34. The van der Waals surface area contributed by atoms with Gasteiger partial charge in [-0.2, -0.15) is 0 Å². The number of hydrogen-bond donors (Lipinski definition) is 2. The molecule has 1 aliphatic carbocycles. The number of fused-ring (bicyclic) bond motifs is 1. The Kier molecular flexibility index (Phi) is 4.18. The second-order valence-electron chi connectivity index (χ2n) is 6.32. The number of aromatic nitrogens is 2. The van der Waals surface area contributed by atoms with Crippen molar-refractivity contribution in [3.8, 4) is 0 Å². The maximum absolute atomic E-state index is 9.51. The molecular formula is C17H22N4OS. The van der Waals surface area contributed by atoms with E-state index in [2.05, 4.69) is 31.6 Å². The van der Waals surface area contributed by atoms with E-state index >= 15 is 0 Å². The molecule has 1 aliphatic heterocycles. The van der Waals surface area contributed by atoms with Crippen molar-refractivity contribution < 1.29 is 5.11 Å². The summed E-state index contributed by atoms with van der Waals surface area (Å²) >= 11 is 1.86. The maximum atomic E-state index is 9.51. The highest BCUT2D eigenvalue weighted by atomic mass is 32.1. The molecule has 0 bridgehead atoms.